The maximum atomic E-state index is 11.3. The van der Waals surface area contributed by atoms with Crippen molar-refractivity contribution in [3.05, 3.63) is 29.8 Å². The maximum Gasteiger partial charge on any atom is 0.221 e. The molecule has 2 saturated heterocycles. The summed E-state index contributed by atoms with van der Waals surface area (Å²) in [7, 11) is 0. The van der Waals surface area contributed by atoms with Gasteiger partial charge in [-0.2, -0.15) is 0 Å². The van der Waals surface area contributed by atoms with Gasteiger partial charge in [-0.15, -0.1) is 12.4 Å². The van der Waals surface area contributed by atoms with Crippen molar-refractivity contribution in [3.63, 3.8) is 0 Å². The summed E-state index contributed by atoms with van der Waals surface area (Å²) in [6, 6.07) is 8.81. The molecule has 0 aliphatic carbocycles. The third-order valence-electron chi connectivity index (χ3n) is 4.64. The molecular weight excluding hydrogens is 312 g/mol. The number of halogens is 1. The number of para-hydroxylation sites is 1. The minimum Gasteiger partial charge on any atom is -0.326 e. The van der Waals surface area contributed by atoms with E-state index < -0.39 is 0 Å². The maximum absolute atomic E-state index is 11.3. The van der Waals surface area contributed by atoms with Crippen LogP contribution in [0.2, 0.25) is 0 Å². The first-order chi connectivity index (χ1) is 10.7. The number of hydrogen-bond donors (Lipinski definition) is 2. The lowest BCUT2D eigenvalue weighted by Gasteiger charge is -2.32. The zero-order chi connectivity index (χ0) is 15.4. The first kappa shape index (κ1) is 18.2. The Hall–Kier alpha value is -1.14. The number of nitrogens with zero attached hydrogens (tertiary/aromatic N) is 2. The van der Waals surface area contributed by atoms with Crippen molar-refractivity contribution in [2.24, 2.45) is 0 Å². The zero-order valence-electron chi connectivity index (χ0n) is 13.8. The minimum absolute atomic E-state index is 0. The molecule has 0 aromatic heterocycles. The molecular formula is C17H27ClN4O. The van der Waals surface area contributed by atoms with Gasteiger partial charge < -0.3 is 10.6 Å². The van der Waals surface area contributed by atoms with E-state index in [9.17, 15) is 4.79 Å². The van der Waals surface area contributed by atoms with E-state index in [1.54, 1.807) is 6.92 Å². The molecule has 1 unspecified atom stereocenters. The molecule has 2 N–H and O–H groups in total. The van der Waals surface area contributed by atoms with Crippen LogP contribution in [0.25, 0.3) is 0 Å². The highest BCUT2D eigenvalue weighted by atomic mass is 35.5. The standard InChI is InChI=1S/C17H26N4O.ClH/c1-14(22)19-17-5-3-2-4-15(17)12-20-9-6-16(13-20)21-10-7-18-8-11-21;/h2-5,16,18H,6-13H2,1H3,(H,19,22);1H. The fraction of sp³-hybridized carbons (Fsp3) is 0.588. The Labute approximate surface area is 144 Å². The number of piperazine rings is 1. The normalized spacial score (nSPS) is 22.6. The fourth-order valence-electron chi connectivity index (χ4n) is 3.51. The number of rotatable bonds is 4. The van der Waals surface area contributed by atoms with E-state index >= 15 is 0 Å². The van der Waals surface area contributed by atoms with E-state index in [-0.39, 0.29) is 18.3 Å². The third-order valence-corrected chi connectivity index (χ3v) is 4.64. The molecule has 3 rings (SSSR count). The summed E-state index contributed by atoms with van der Waals surface area (Å²) < 4.78 is 0. The largest absolute Gasteiger partial charge is 0.326 e. The van der Waals surface area contributed by atoms with Crippen LogP contribution in [0.3, 0.4) is 0 Å². The number of nitrogens with one attached hydrogen (secondary N) is 2. The van der Waals surface area contributed by atoms with E-state index in [4.69, 9.17) is 0 Å². The van der Waals surface area contributed by atoms with E-state index in [1.165, 1.54) is 25.1 Å². The van der Waals surface area contributed by atoms with Gasteiger partial charge >= 0.3 is 0 Å². The van der Waals surface area contributed by atoms with Crippen LogP contribution in [0.4, 0.5) is 5.69 Å². The number of amides is 1. The molecule has 1 aromatic rings. The van der Waals surface area contributed by atoms with Crippen LogP contribution in [-0.4, -0.2) is 61.0 Å². The molecule has 0 radical (unpaired) electrons. The quantitative estimate of drug-likeness (QED) is 0.874. The van der Waals surface area contributed by atoms with Gasteiger partial charge in [0.25, 0.3) is 0 Å². The second-order valence-electron chi connectivity index (χ2n) is 6.30. The summed E-state index contributed by atoms with van der Waals surface area (Å²) in [5.41, 5.74) is 2.15. The highest BCUT2D eigenvalue weighted by Gasteiger charge is 2.28. The van der Waals surface area contributed by atoms with Crippen molar-refractivity contribution >= 4 is 24.0 Å². The fourth-order valence-corrected chi connectivity index (χ4v) is 3.51. The topological polar surface area (TPSA) is 47.6 Å². The molecule has 2 aliphatic rings. The highest BCUT2D eigenvalue weighted by Crippen LogP contribution is 2.22. The lowest BCUT2D eigenvalue weighted by atomic mass is 10.1. The van der Waals surface area contributed by atoms with E-state index in [0.29, 0.717) is 6.04 Å². The van der Waals surface area contributed by atoms with Crippen LogP contribution < -0.4 is 10.6 Å². The molecule has 1 atom stereocenters. The van der Waals surface area contributed by atoms with Gasteiger partial charge in [0, 0.05) is 64.5 Å². The van der Waals surface area contributed by atoms with Gasteiger partial charge in [-0.1, -0.05) is 18.2 Å². The Morgan fingerprint density at radius 2 is 2.00 bits per heavy atom. The molecule has 2 heterocycles. The lowest BCUT2D eigenvalue weighted by molar-refractivity contribution is -0.114. The number of likely N-dealkylation sites (tertiary alicyclic amines) is 1. The molecule has 0 bridgehead atoms. The van der Waals surface area contributed by atoms with Crippen molar-refractivity contribution in [1.82, 2.24) is 15.1 Å². The van der Waals surface area contributed by atoms with Crippen LogP contribution in [0.5, 0.6) is 0 Å². The molecule has 23 heavy (non-hydrogen) atoms. The predicted octanol–water partition coefficient (Wildman–Crippen LogP) is 1.55. The van der Waals surface area contributed by atoms with E-state index in [1.807, 2.05) is 18.2 Å². The Kier molecular flexibility index (Phi) is 6.84. The van der Waals surface area contributed by atoms with Crippen molar-refractivity contribution in [1.29, 1.82) is 0 Å². The van der Waals surface area contributed by atoms with Gasteiger partial charge in [-0.3, -0.25) is 14.6 Å². The van der Waals surface area contributed by atoms with Crippen LogP contribution in [0.15, 0.2) is 24.3 Å². The number of hydrogen-bond acceptors (Lipinski definition) is 4. The van der Waals surface area contributed by atoms with E-state index in [2.05, 4.69) is 26.5 Å². The number of carbonyl (C=O) groups excluding carboxylic acids is 1. The van der Waals surface area contributed by atoms with Crippen LogP contribution in [0, 0.1) is 0 Å². The van der Waals surface area contributed by atoms with Gasteiger partial charge in [0.05, 0.1) is 0 Å². The molecule has 5 nitrogen and oxygen atoms in total. The van der Waals surface area contributed by atoms with Crippen molar-refractivity contribution in [2.45, 2.75) is 25.9 Å². The Bertz CT molecular complexity index is 519. The number of anilines is 1. The Morgan fingerprint density at radius 1 is 1.26 bits per heavy atom. The third kappa shape index (κ3) is 4.91. The van der Waals surface area contributed by atoms with Gasteiger partial charge in [-0.05, 0) is 18.1 Å². The summed E-state index contributed by atoms with van der Waals surface area (Å²) >= 11 is 0. The first-order valence-corrected chi connectivity index (χ1v) is 8.25. The zero-order valence-corrected chi connectivity index (χ0v) is 14.6. The molecule has 2 fully saturated rings. The predicted molar refractivity (Wildman–Crippen MR) is 96.1 cm³/mol. The van der Waals surface area contributed by atoms with Crippen molar-refractivity contribution in [2.75, 3.05) is 44.6 Å². The highest BCUT2D eigenvalue weighted by molar-refractivity contribution is 5.89. The summed E-state index contributed by atoms with van der Waals surface area (Å²) in [6.07, 6.45) is 1.25. The number of carbonyl (C=O) groups is 1. The van der Waals surface area contributed by atoms with Gasteiger partial charge in [0.2, 0.25) is 5.91 Å². The average Bonchev–Trinajstić information content (AvgIpc) is 2.98. The molecule has 0 saturated carbocycles. The average molecular weight is 339 g/mol. The van der Waals surface area contributed by atoms with Crippen LogP contribution in [0.1, 0.15) is 18.9 Å². The molecule has 1 amide bonds. The number of benzene rings is 1. The SMILES string of the molecule is CC(=O)Nc1ccccc1CN1CCC(N2CCNCC2)C1.Cl. The van der Waals surface area contributed by atoms with Crippen molar-refractivity contribution < 1.29 is 4.79 Å². The molecule has 128 valence electrons. The van der Waals surface area contributed by atoms with Gasteiger partial charge in [0.1, 0.15) is 0 Å². The second-order valence-corrected chi connectivity index (χ2v) is 6.30. The minimum atomic E-state index is -0.00688. The summed E-state index contributed by atoms with van der Waals surface area (Å²) in [6.45, 7) is 9.31. The van der Waals surface area contributed by atoms with Crippen molar-refractivity contribution in [3.8, 4) is 0 Å². The van der Waals surface area contributed by atoms with E-state index in [0.717, 1.165) is 38.4 Å². The summed E-state index contributed by atoms with van der Waals surface area (Å²) in [5, 5.41) is 6.36. The van der Waals surface area contributed by atoms with Gasteiger partial charge in [-0.25, -0.2) is 0 Å². The smallest absolute Gasteiger partial charge is 0.221 e. The summed E-state index contributed by atoms with van der Waals surface area (Å²) in [4.78, 5) is 16.5. The van der Waals surface area contributed by atoms with Crippen LogP contribution >= 0.6 is 12.4 Å². The monoisotopic (exact) mass is 338 g/mol. The molecule has 1 aromatic carbocycles. The summed E-state index contributed by atoms with van der Waals surface area (Å²) in [5.74, 6) is -0.00688. The molecule has 2 aliphatic heterocycles. The van der Waals surface area contributed by atoms with Crippen LogP contribution in [-0.2, 0) is 11.3 Å². The Balaban J connectivity index is 0.00000192. The lowest BCUT2D eigenvalue weighted by Crippen LogP contribution is -2.49. The first-order valence-electron chi connectivity index (χ1n) is 8.25. The molecule has 0 spiro atoms. The van der Waals surface area contributed by atoms with Gasteiger partial charge in [0.15, 0.2) is 0 Å². The Morgan fingerprint density at radius 3 is 2.74 bits per heavy atom. The second kappa shape index (κ2) is 8.64. The molecule has 6 heteroatoms.